The van der Waals surface area contributed by atoms with Crippen molar-refractivity contribution in [3.8, 4) is 0 Å². The summed E-state index contributed by atoms with van der Waals surface area (Å²) in [5.41, 5.74) is 0.931. The Balaban J connectivity index is 2.63. The van der Waals surface area contributed by atoms with Gasteiger partial charge < -0.3 is 14.6 Å². The molecule has 0 aliphatic carbocycles. The molecule has 1 aromatic rings. The summed E-state index contributed by atoms with van der Waals surface area (Å²) in [6, 6.07) is 9.52. The molecule has 0 saturated carbocycles. The first-order valence-corrected chi connectivity index (χ1v) is 8.21. The minimum absolute atomic E-state index is 0.219. The molecule has 4 nitrogen and oxygen atoms in total. The van der Waals surface area contributed by atoms with Gasteiger partial charge in [0.05, 0.1) is 24.7 Å². The van der Waals surface area contributed by atoms with E-state index in [0.29, 0.717) is 13.0 Å². The zero-order valence-corrected chi connectivity index (χ0v) is 14.1. The van der Waals surface area contributed by atoms with Gasteiger partial charge in [0.2, 0.25) is 0 Å². The molecule has 0 aliphatic heterocycles. The van der Waals surface area contributed by atoms with Crippen LogP contribution in [0.15, 0.2) is 43.0 Å². The fraction of sp³-hybridized carbons (Fsp3) is 0.526. The van der Waals surface area contributed by atoms with Crippen LogP contribution in [0.25, 0.3) is 0 Å². The van der Waals surface area contributed by atoms with E-state index < -0.39 is 18.1 Å². The second-order valence-electron chi connectivity index (χ2n) is 5.66. The molecule has 1 aromatic carbocycles. The molecule has 0 fully saturated rings. The molecular formula is C19H28O4. The van der Waals surface area contributed by atoms with Gasteiger partial charge in [-0.2, -0.15) is 0 Å². The first-order valence-electron chi connectivity index (χ1n) is 8.21. The van der Waals surface area contributed by atoms with E-state index in [0.717, 1.165) is 18.4 Å². The monoisotopic (exact) mass is 320 g/mol. The quantitative estimate of drug-likeness (QED) is 0.501. The number of carbonyl (C=O) groups excluding carboxylic acids is 1. The number of benzene rings is 1. The molecule has 0 unspecified atom stereocenters. The fourth-order valence-corrected chi connectivity index (χ4v) is 2.33. The number of unbranched alkanes of at least 4 members (excludes halogenated alkanes) is 1. The Morgan fingerprint density at radius 3 is 2.65 bits per heavy atom. The Bertz CT molecular complexity index is 458. The summed E-state index contributed by atoms with van der Waals surface area (Å²) in [4.78, 5) is 12.4. The van der Waals surface area contributed by atoms with Gasteiger partial charge >= 0.3 is 5.97 Å². The minimum atomic E-state index is -0.884. The van der Waals surface area contributed by atoms with E-state index in [-0.39, 0.29) is 12.6 Å². The number of hydrogen-bond acceptors (Lipinski definition) is 4. The van der Waals surface area contributed by atoms with Gasteiger partial charge in [0.25, 0.3) is 0 Å². The van der Waals surface area contributed by atoms with Gasteiger partial charge in [-0.25, -0.2) is 0 Å². The Kier molecular flexibility index (Phi) is 9.25. The van der Waals surface area contributed by atoms with Crippen LogP contribution in [-0.2, 0) is 20.9 Å². The van der Waals surface area contributed by atoms with E-state index in [1.54, 1.807) is 13.0 Å². The largest absolute Gasteiger partial charge is 0.461 e. The molecule has 0 heterocycles. The lowest BCUT2D eigenvalue weighted by Crippen LogP contribution is -2.38. The average molecular weight is 320 g/mol. The highest BCUT2D eigenvalue weighted by atomic mass is 16.5. The van der Waals surface area contributed by atoms with E-state index in [1.807, 2.05) is 30.3 Å². The van der Waals surface area contributed by atoms with Gasteiger partial charge in [-0.3, -0.25) is 4.79 Å². The van der Waals surface area contributed by atoms with Gasteiger partial charge in [-0.05, 0) is 18.9 Å². The second-order valence-corrected chi connectivity index (χ2v) is 5.66. The van der Waals surface area contributed by atoms with Crippen molar-refractivity contribution >= 4 is 5.97 Å². The van der Waals surface area contributed by atoms with Crippen LogP contribution in [0.5, 0.6) is 0 Å². The molecule has 1 N–H and O–H groups in total. The van der Waals surface area contributed by atoms with Crippen molar-refractivity contribution in [1.82, 2.24) is 0 Å². The van der Waals surface area contributed by atoms with Crippen molar-refractivity contribution in [2.24, 2.45) is 5.92 Å². The Morgan fingerprint density at radius 2 is 2.04 bits per heavy atom. The zero-order valence-electron chi connectivity index (χ0n) is 14.1. The number of carbonyl (C=O) groups is 1. The van der Waals surface area contributed by atoms with Crippen molar-refractivity contribution in [3.63, 3.8) is 0 Å². The summed E-state index contributed by atoms with van der Waals surface area (Å²) in [6.45, 7) is 7.96. The third-order valence-electron chi connectivity index (χ3n) is 3.77. The summed E-state index contributed by atoms with van der Waals surface area (Å²) >= 11 is 0. The van der Waals surface area contributed by atoms with Crippen LogP contribution in [0.4, 0.5) is 0 Å². The molecule has 0 radical (unpaired) electrons. The van der Waals surface area contributed by atoms with E-state index in [1.165, 1.54) is 0 Å². The van der Waals surface area contributed by atoms with Crippen LogP contribution in [0.2, 0.25) is 0 Å². The first kappa shape index (κ1) is 19.4. The highest BCUT2D eigenvalue weighted by Crippen LogP contribution is 2.20. The van der Waals surface area contributed by atoms with E-state index >= 15 is 0 Å². The van der Waals surface area contributed by atoms with Crippen LogP contribution >= 0.6 is 0 Å². The molecule has 1 rings (SSSR count). The highest BCUT2D eigenvalue weighted by molar-refractivity contribution is 5.73. The van der Waals surface area contributed by atoms with Crippen LogP contribution in [0, 0.1) is 5.92 Å². The molecule has 128 valence electrons. The van der Waals surface area contributed by atoms with Gasteiger partial charge in [0.1, 0.15) is 6.61 Å². The minimum Gasteiger partial charge on any atom is -0.461 e. The molecule has 4 heteroatoms. The lowest BCUT2D eigenvalue weighted by molar-refractivity contribution is -0.158. The molecule has 0 spiro atoms. The SMILES string of the molecule is C=CCO[C@@H](C)[C@H](O)[C@@H](CCCC)C(=O)OCc1ccccc1. The van der Waals surface area contributed by atoms with Gasteiger partial charge in [-0.15, -0.1) is 6.58 Å². The van der Waals surface area contributed by atoms with Crippen molar-refractivity contribution in [2.45, 2.75) is 51.9 Å². The summed E-state index contributed by atoms with van der Waals surface area (Å²) in [7, 11) is 0. The van der Waals surface area contributed by atoms with Crippen LogP contribution in [0.3, 0.4) is 0 Å². The standard InChI is InChI=1S/C19H28O4/c1-4-6-12-17(18(20)15(3)22-13-5-2)19(21)23-14-16-10-8-7-9-11-16/h5,7-11,15,17-18,20H,2,4,6,12-14H2,1,3H3/t15-,17+,18-/m0/s1. The fourth-order valence-electron chi connectivity index (χ4n) is 2.33. The maximum atomic E-state index is 12.4. The molecule has 0 amide bonds. The van der Waals surface area contributed by atoms with Crippen molar-refractivity contribution in [3.05, 3.63) is 48.6 Å². The van der Waals surface area contributed by atoms with Crippen molar-refractivity contribution in [1.29, 1.82) is 0 Å². The maximum Gasteiger partial charge on any atom is 0.312 e. The van der Waals surface area contributed by atoms with E-state index in [4.69, 9.17) is 9.47 Å². The topological polar surface area (TPSA) is 55.8 Å². The molecule has 23 heavy (non-hydrogen) atoms. The molecule has 0 bridgehead atoms. The van der Waals surface area contributed by atoms with Crippen LogP contribution < -0.4 is 0 Å². The molecule has 0 saturated heterocycles. The summed E-state index contributed by atoms with van der Waals surface area (Å²) in [5.74, 6) is -0.942. The van der Waals surface area contributed by atoms with E-state index in [2.05, 4.69) is 13.5 Å². The second kappa shape index (κ2) is 11.0. The Labute approximate surface area is 139 Å². The number of aliphatic hydroxyl groups is 1. The highest BCUT2D eigenvalue weighted by Gasteiger charge is 2.32. The molecule has 3 atom stereocenters. The number of rotatable bonds is 11. The lowest BCUT2D eigenvalue weighted by Gasteiger charge is -2.26. The summed E-state index contributed by atoms with van der Waals surface area (Å²) in [5, 5.41) is 10.4. The summed E-state index contributed by atoms with van der Waals surface area (Å²) < 4.78 is 10.8. The number of esters is 1. The predicted octanol–water partition coefficient (Wildman–Crippen LogP) is 3.49. The molecule has 0 aromatic heterocycles. The van der Waals surface area contributed by atoms with Crippen LogP contribution in [0.1, 0.15) is 38.7 Å². The molecular weight excluding hydrogens is 292 g/mol. The van der Waals surface area contributed by atoms with Crippen molar-refractivity contribution < 1.29 is 19.4 Å². The first-order chi connectivity index (χ1) is 11.1. The van der Waals surface area contributed by atoms with Crippen LogP contribution in [-0.4, -0.2) is 29.9 Å². The Hall–Kier alpha value is -1.65. The average Bonchev–Trinajstić information content (AvgIpc) is 2.58. The molecule has 0 aliphatic rings. The zero-order chi connectivity index (χ0) is 17.1. The lowest BCUT2D eigenvalue weighted by atomic mass is 9.93. The van der Waals surface area contributed by atoms with Gasteiger partial charge in [0.15, 0.2) is 0 Å². The predicted molar refractivity (Wildman–Crippen MR) is 90.9 cm³/mol. The normalized spacial score (nSPS) is 14.7. The number of ether oxygens (including phenoxy) is 2. The third-order valence-corrected chi connectivity index (χ3v) is 3.77. The smallest absolute Gasteiger partial charge is 0.312 e. The maximum absolute atomic E-state index is 12.4. The van der Waals surface area contributed by atoms with Gasteiger partial charge in [-0.1, -0.05) is 56.2 Å². The van der Waals surface area contributed by atoms with Crippen molar-refractivity contribution in [2.75, 3.05) is 6.61 Å². The third kappa shape index (κ3) is 6.97. The van der Waals surface area contributed by atoms with E-state index in [9.17, 15) is 9.90 Å². The number of aliphatic hydroxyl groups excluding tert-OH is 1. The van der Waals surface area contributed by atoms with Gasteiger partial charge in [0, 0.05) is 0 Å². The number of hydrogen-bond donors (Lipinski definition) is 1. The Morgan fingerprint density at radius 1 is 1.35 bits per heavy atom. The summed E-state index contributed by atoms with van der Waals surface area (Å²) in [6.07, 6.45) is 2.70.